The SMILES string of the molecule is Cc1sc2c(c1C)C(c1ccc(Cl)cc1)=N[C@@H](CC(=O)NCCN1CCN(Cc3ccc(N4CCC(=O)NC4=O)cn3)CC1)c1nnc(C)n1-2. The van der Waals surface area contributed by atoms with Gasteiger partial charge in [0.1, 0.15) is 16.9 Å². The lowest BCUT2D eigenvalue weighted by Gasteiger charge is -2.34. The molecule has 4 aromatic rings. The Morgan fingerprint density at radius 3 is 2.48 bits per heavy atom. The fourth-order valence-electron chi connectivity index (χ4n) is 6.61. The smallest absolute Gasteiger partial charge is 0.328 e. The van der Waals surface area contributed by atoms with Gasteiger partial charge in [-0.05, 0) is 50.6 Å². The summed E-state index contributed by atoms with van der Waals surface area (Å²) >= 11 is 7.92. The van der Waals surface area contributed by atoms with Crippen LogP contribution in [0.3, 0.4) is 0 Å². The Morgan fingerprint density at radius 1 is 1.00 bits per heavy atom. The molecule has 13 nitrogen and oxygen atoms in total. The number of hydrogen-bond donors (Lipinski definition) is 2. The molecule has 7 rings (SSSR count). The molecule has 0 aliphatic carbocycles. The number of pyridine rings is 1. The van der Waals surface area contributed by atoms with Crippen LogP contribution in [0.15, 0.2) is 47.6 Å². The molecule has 2 fully saturated rings. The molecule has 2 N–H and O–H groups in total. The van der Waals surface area contributed by atoms with Gasteiger partial charge in [-0.25, -0.2) is 4.79 Å². The van der Waals surface area contributed by atoms with Gasteiger partial charge >= 0.3 is 6.03 Å². The summed E-state index contributed by atoms with van der Waals surface area (Å²) in [4.78, 5) is 54.2. The van der Waals surface area contributed by atoms with Crippen LogP contribution in [0.25, 0.3) is 5.00 Å². The van der Waals surface area contributed by atoms with E-state index in [-0.39, 0.29) is 24.7 Å². The first-order valence-electron chi connectivity index (χ1n) is 16.8. The maximum absolute atomic E-state index is 13.4. The average Bonchev–Trinajstić information content (AvgIpc) is 3.58. The summed E-state index contributed by atoms with van der Waals surface area (Å²) in [5, 5.41) is 16.0. The number of aromatic nitrogens is 4. The molecule has 3 aliphatic heterocycles. The fraction of sp³-hybridized carbons (Fsp3) is 0.400. The zero-order valence-corrected chi connectivity index (χ0v) is 29.9. The molecule has 0 spiro atoms. The number of piperazine rings is 1. The zero-order chi connectivity index (χ0) is 34.9. The van der Waals surface area contributed by atoms with Gasteiger partial charge in [0.2, 0.25) is 11.8 Å². The summed E-state index contributed by atoms with van der Waals surface area (Å²) < 4.78 is 2.06. The fourth-order valence-corrected chi connectivity index (χ4v) is 7.95. The Labute approximate surface area is 299 Å². The molecule has 6 heterocycles. The molecule has 0 radical (unpaired) electrons. The molecule has 4 amide bonds. The number of urea groups is 1. The van der Waals surface area contributed by atoms with Gasteiger partial charge in [-0.15, -0.1) is 21.5 Å². The van der Waals surface area contributed by atoms with Gasteiger partial charge in [-0.1, -0.05) is 23.7 Å². The van der Waals surface area contributed by atoms with E-state index in [1.165, 1.54) is 9.78 Å². The lowest BCUT2D eigenvalue weighted by molar-refractivity contribution is -0.122. The second-order valence-corrected chi connectivity index (χ2v) is 14.5. The van der Waals surface area contributed by atoms with Crippen LogP contribution in [0.2, 0.25) is 5.02 Å². The van der Waals surface area contributed by atoms with E-state index in [1.54, 1.807) is 17.5 Å². The average molecular weight is 715 g/mol. The molecule has 3 aliphatic rings. The zero-order valence-electron chi connectivity index (χ0n) is 28.3. The maximum Gasteiger partial charge on any atom is 0.328 e. The third-order valence-corrected chi connectivity index (χ3v) is 11.0. The van der Waals surface area contributed by atoms with Crippen LogP contribution in [0.5, 0.6) is 0 Å². The number of aliphatic imine (C=N–C) groups is 1. The summed E-state index contributed by atoms with van der Waals surface area (Å²) in [6, 6.07) is 10.6. The summed E-state index contributed by atoms with van der Waals surface area (Å²) in [6.07, 6.45) is 2.12. The number of carbonyl (C=O) groups excluding carboxylic acids is 3. The predicted octanol–water partition coefficient (Wildman–Crippen LogP) is 3.96. The van der Waals surface area contributed by atoms with Crippen LogP contribution in [-0.2, 0) is 16.1 Å². The van der Waals surface area contributed by atoms with Crippen molar-refractivity contribution in [1.82, 2.24) is 40.2 Å². The van der Waals surface area contributed by atoms with Gasteiger partial charge in [0, 0.05) is 79.8 Å². The lowest BCUT2D eigenvalue weighted by Crippen LogP contribution is -2.49. The first-order chi connectivity index (χ1) is 24.1. The number of benzene rings is 1. The Bertz CT molecular complexity index is 1950. The molecule has 2 saturated heterocycles. The van der Waals surface area contributed by atoms with E-state index >= 15 is 0 Å². The van der Waals surface area contributed by atoms with Gasteiger partial charge in [0.25, 0.3) is 0 Å². The van der Waals surface area contributed by atoms with Crippen LogP contribution in [-0.4, -0.2) is 98.9 Å². The van der Waals surface area contributed by atoms with Crippen LogP contribution < -0.4 is 15.5 Å². The number of aryl methyl sites for hydroxylation is 2. The number of rotatable bonds is 9. The van der Waals surface area contributed by atoms with E-state index in [0.29, 0.717) is 36.2 Å². The Hall–Kier alpha value is -4.50. The topological polar surface area (TPSA) is 141 Å². The van der Waals surface area contributed by atoms with Gasteiger partial charge in [0.05, 0.1) is 29.7 Å². The van der Waals surface area contributed by atoms with Crippen LogP contribution in [0, 0.1) is 20.8 Å². The molecular formula is C35H39ClN10O3S. The van der Waals surface area contributed by atoms with Crippen molar-refractivity contribution >= 4 is 52.2 Å². The molecule has 0 unspecified atom stereocenters. The number of anilines is 1. The minimum Gasteiger partial charge on any atom is -0.355 e. The Kier molecular flexibility index (Phi) is 9.78. The highest BCUT2D eigenvalue weighted by Crippen LogP contribution is 2.39. The van der Waals surface area contributed by atoms with Gasteiger partial charge in [0.15, 0.2) is 5.82 Å². The van der Waals surface area contributed by atoms with E-state index in [2.05, 4.69) is 54.0 Å². The van der Waals surface area contributed by atoms with Crippen LogP contribution in [0.4, 0.5) is 10.5 Å². The second kappa shape index (κ2) is 14.4. The molecule has 260 valence electrons. The van der Waals surface area contributed by atoms with Crippen molar-refractivity contribution in [3.05, 3.63) is 86.5 Å². The normalized spacial score (nSPS) is 18.3. The van der Waals surface area contributed by atoms with E-state index in [1.807, 2.05) is 43.3 Å². The monoisotopic (exact) mass is 714 g/mol. The summed E-state index contributed by atoms with van der Waals surface area (Å²) in [5.41, 5.74) is 5.57. The van der Waals surface area contributed by atoms with Crippen molar-refractivity contribution in [2.75, 3.05) is 50.7 Å². The number of nitrogens with one attached hydrogen (secondary N) is 2. The number of hydrogen-bond acceptors (Lipinski definition) is 10. The Balaban J connectivity index is 0.937. The van der Waals surface area contributed by atoms with Crippen molar-refractivity contribution in [3.8, 4) is 5.00 Å². The number of carbonyl (C=O) groups is 3. The standard InChI is InChI=1S/C35H39ClN10O3S/c1-21-22(2)50-34-31(21)32(24-4-6-25(36)7-5-24)39-28(33-42-41-23(3)46(33)34)18-30(48)37-11-13-43-14-16-44(17-15-43)20-26-8-9-27(19-38-26)45-12-10-29(47)40-35(45)49/h4-9,19,28H,10-18,20H2,1-3H3,(H,37,48)(H,40,47,49)/t28-/m0/s1. The number of fused-ring (bicyclic) bond motifs is 3. The number of halogens is 1. The van der Waals surface area contributed by atoms with E-state index < -0.39 is 12.1 Å². The molecular weight excluding hydrogens is 676 g/mol. The number of imide groups is 1. The largest absolute Gasteiger partial charge is 0.355 e. The van der Waals surface area contributed by atoms with Gasteiger partial charge in [-0.2, -0.15) is 0 Å². The second-order valence-electron chi connectivity index (χ2n) is 12.8. The minimum atomic E-state index is -0.506. The van der Waals surface area contributed by atoms with E-state index in [0.717, 1.165) is 71.6 Å². The van der Waals surface area contributed by atoms with E-state index in [9.17, 15) is 14.4 Å². The Morgan fingerprint density at radius 2 is 1.76 bits per heavy atom. The quantitative estimate of drug-likeness (QED) is 0.266. The highest BCUT2D eigenvalue weighted by Gasteiger charge is 2.32. The highest BCUT2D eigenvalue weighted by atomic mass is 35.5. The van der Waals surface area contributed by atoms with Crippen molar-refractivity contribution in [3.63, 3.8) is 0 Å². The van der Waals surface area contributed by atoms with E-state index in [4.69, 9.17) is 16.6 Å². The van der Waals surface area contributed by atoms with Gasteiger partial charge in [-0.3, -0.25) is 44.1 Å². The molecule has 50 heavy (non-hydrogen) atoms. The predicted molar refractivity (Wildman–Crippen MR) is 192 cm³/mol. The molecule has 3 aromatic heterocycles. The molecule has 0 bridgehead atoms. The minimum absolute atomic E-state index is 0.0821. The summed E-state index contributed by atoms with van der Waals surface area (Å²) in [7, 11) is 0. The van der Waals surface area contributed by atoms with Crippen molar-refractivity contribution in [1.29, 1.82) is 0 Å². The third-order valence-electron chi connectivity index (χ3n) is 9.51. The summed E-state index contributed by atoms with van der Waals surface area (Å²) in [6.45, 7) is 12.1. The lowest BCUT2D eigenvalue weighted by atomic mass is 9.99. The number of thiophene rings is 1. The first-order valence-corrected chi connectivity index (χ1v) is 18.0. The van der Waals surface area contributed by atoms with Crippen LogP contribution >= 0.6 is 22.9 Å². The first kappa shape index (κ1) is 34.0. The molecule has 1 atom stereocenters. The maximum atomic E-state index is 13.4. The number of amides is 4. The number of nitrogens with zero attached hydrogens (tertiary/aromatic N) is 8. The molecule has 1 aromatic carbocycles. The van der Waals surface area contributed by atoms with Crippen molar-refractivity contribution in [2.45, 2.75) is 46.2 Å². The highest BCUT2D eigenvalue weighted by molar-refractivity contribution is 7.15. The molecule has 0 saturated carbocycles. The van der Waals surface area contributed by atoms with Crippen molar-refractivity contribution in [2.24, 2.45) is 4.99 Å². The van der Waals surface area contributed by atoms with Crippen LogP contribution in [0.1, 0.15) is 57.8 Å². The van der Waals surface area contributed by atoms with Crippen molar-refractivity contribution < 1.29 is 14.4 Å². The summed E-state index contributed by atoms with van der Waals surface area (Å²) in [5.74, 6) is 1.09. The van der Waals surface area contributed by atoms with Gasteiger partial charge < -0.3 is 5.32 Å². The molecule has 15 heteroatoms. The third kappa shape index (κ3) is 7.06.